The van der Waals surface area contributed by atoms with Crippen LogP contribution >= 0.6 is 23.1 Å². The number of nitrogens with one attached hydrogen (secondary N) is 1. The predicted octanol–water partition coefficient (Wildman–Crippen LogP) is 6.56. The third-order valence-electron chi connectivity index (χ3n) is 7.81. The molecule has 0 aliphatic carbocycles. The molecule has 1 unspecified atom stereocenters. The molecule has 6 rings (SSSR count). The molecular formula is C34H31N7O4S2. The Morgan fingerprint density at radius 3 is 2.45 bits per heavy atom. The zero-order chi connectivity index (χ0) is 33.1. The Bertz CT molecular complexity index is 1970. The molecule has 238 valence electrons. The first-order valence-corrected chi connectivity index (χ1v) is 16.7. The quantitative estimate of drug-likeness (QED) is 0.101. The minimum absolute atomic E-state index is 0.0425. The molecule has 0 saturated carbocycles. The molecule has 3 aromatic carbocycles. The molecule has 1 N–H and O–H groups in total. The molecule has 0 spiro atoms. The maximum atomic E-state index is 13.8. The lowest BCUT2D eigenvalue weighted by Crippen LogP contribution is -2.28. The zero-order valence-corrected chi connectivity index (χ0v) is 27.5. The number of carbonyl (C=O) groups is 2. The van der Waals surface area contributed by atoms with Crippen LogP contribution in [0.3, 0.4) is 0 Å². The lowest BCUT2D eigenvalue weighted by atomic mass is 10.00. The van der Waals surface area contributed by atoms with E-state index in [1.807, 2.05) is 73.2 Å². The number of thioether (sulfide) groups is 1. The average molecular weight is 666 g/mol. The van der Waals surface area contributed by atoms with Crippen LogP contribution in [0.15, 0.2) is 94.5 Å². The van der Waals surface area contributed by atoms with Gasteiger partial charge in [-0.1, -0.05) is 59.8 Å². The summed E-state index contributed by atoms with van der Waals surface area (Å²) in [5.41, 5.74) is 6.06. The number of amides is 2. The van der Waals surface area contributed by atoms with Crippen molar-refractivity contribution in [3.63, 3.8) is 0 Å². The van der Waals surface area contributed by atoms with Gasteiger partial charge in [0, 0.05) is 24.1 Å². The number of aryl methyl sites for hydroxylation is 3. The van der Waals surface area contributed by atoms with Crippen molar-refractivity contribution in [2.24, 2.45) is 5.10 Å². The van der Waals surface area contributed by atoms with Crippen LogP contribution in [-0.2, 0) is 11.3 Å². The van der Waals surface area contributed by atoms with E-state index < -0.39 is 10.8 Å². The Balaban J connectivity index is 1.24. The fraction of sp³-hybridized carbons (Fsp3) is 0.206. The van der Waals surface area contributed by atoms with Gasteiger partial charge < -0.3 is 5.32 Å². The Hall–Kier alpha value is -5.14. The summed E-state index contributed by atoms with van der Waals surface area (Å²) in [6.45, 7) is 6.04. The molecule has 47 heavy (non-hydrogen) atoms. The third kappa shape index (κ3) is 7.00. The summed E-state index contributed by atoms with van der Waals surface area (Å²) < 4.78 is 1.86. The number of nitro benzene ring substituents is 1. The molecule has 0 saturated heterocycles. The fourth-order valence-electron chi connectivity index (χ4n) is 5.28. The number of hydrazone groups is 1. The maximum absolute atomic E-state index is 13.8. The molecule has 5 aromatic rings. The number of rotatable bonds is 10. The lowest BCUT2D eigenvalue weighted by molar-refractivity contribution is -0.384. The first-order chi connectivity index (χ1) is 22.7. The molecule has 1 atom stereocenters. The number of aromatic nitrogens is 3. The minimum atomic E-state index is -0.514. The van der Waals surface area contributed by atoms with Gasteiger partial charge in [-0.05, 0) is 67.1 Å². The van der Waals surface area contributed by atoms with Crippen molar-refractivity contribution >= 4 is 46.3 Å². The highest BCUT2D eigenvalue weighted by Gasteiger charge is 2.33. The molecule has 0 fully saturated rings. The Morgan fingerprint density at radius 2 is 1.74 bits per heavy atom. The van der Waals surface area contributed by atoms with Gasteiger partial charge in [-0.2, -0.15) is 5.10 Å². The van der Waals surface area contributed by atoms with Gasteiger partial charge in [-0.15, -0.1) is 21.5 Å². The van der Waals surface area contributed by atoms with Gasteiger partial charge in [0.15, 0.2) is 11.0 Å². The standard InChI is InChI=1S/C34H31N7O4S2/c1-21-7-10-24(11-8-21)29-18-27(30-5-4-16-46-30)38-40(29)32(42)20-47-34-37-36-31(39(34)28-17-22(2)6-9-23(28)3)19-35-33(43)25-12-14-26(15-13-25)41(44)45/h4-17,29H,18-20H2,1-3H3,(H,35,43). The number of nitrogens with zero attached hydrogens (tertiary/aromatic N) is 6. The number of carbonyl (C=O) groups excluding carboxylic acids is 2. The zero-order valence-electron chi connectivity index (χ0n) is 25.9. The summed E-state index contributed by atoms with van der Waals surface area (Å²) >= 11 is 2.86. The van der Waals surface area contributed by atoms with Crippen LogP contribution in [0.4, 0.5) is 5.69 Å². The van der Waals surface area contributed by atoms with E-state index in [9.17, 15) is 19.7 Å². The first-order valence-electron chi connectivity index (χ1n) is 14.9. The van der Waals surface area contributed by atoms with Gasteiger partial charge in [-0.25, -0.2) is 5.01 Å². The molecule has 2 amide bonds. The van der Waals surface area contributed by atoms with E-state index in [1.54, 1.807) is 16.3 Å². The second-order valence-corrected chi connectivity index (χ2v) is 13.1. The van der Waals surface area contributed by atoms with Crippen molar-refractivity contribution in [1.82, 2.24) is 25.1 Å². The van der Waals surface area contributed by atoms with Crippen LogP contribution in [0.5, 0.6) is 0 Å². The fourth-order valence-corrected chi connectivity index (χ4v) is 6.82. The molecule has 2 aromatic heterocycles. The average Bonchev–Trinajstić information content (AvgIpc) is 3.84. The molecule has 1 aliphatic heterocycles. The van der Waals surface area contributed by atoms with E-state index in [4.69, 9.17) is 5.10 Å². The summed E-state index contributed by atoms with van der Waals surface area (Å²) in [4.78, 5) is 38.3. The number of benzene rings is 3. The summed E-state index contributed by atoms with van der Waals surface area (Å²) in [5, 5.41) is 31.6. The topological polar surface area (TPSA) is 136 Å². The predicted molar refractivity (Wildman–Crippen MR) is 182 cm³/mol. The van der Waals surface area contributed by atoms with E-state index in [2.05, 4.69) is 27.6 Å². The second-order valence-electron chi connectivity index (χ2n) is 11.2. The minimum Gasteiger partial charge on any atom is -0.345 e. The van der Waals surface area contributed by atoms with E-state index in [1.165, 1.54) is 36.0 Å². The molecule has 3 heterocycles. The van der Waals surface area contributed by atoms with Gasteiger partial charge in [-0.3, -0.25) is 24.3 Å². The van der Waals surface area contributed by atoms with E-state index in [0.717, 1.165) is 38.5 Å². The monoisotopic (exact) mass is 665 g/mol. The van der Waals surface area contributed by atoms with Gasteiger partial charge in [0.1, 0.15) is 0 Å². The van der Waals surface area contributed by atoms with Crippen LogP contribution in [0.2, 0.25) is 0 Å². The van der Waals surface area contributed by atoms with E-state index in [0.29, 0.717) is 17.4 Å². The molecule has 0 bridgehead atoms. The van der Waals surface area contributed by atoms with E-state index >= 15 is 0 Å². The summed E-state index contributed by atoms with van der Waals surface area (Å²) in [5.74, 6) is -0.0199. The molecular weight excluding hydrogens is 635 g/mol. The van der Waals surface area contributed by atoms with Crippen molar-refractivity contribution in [3.05, 3.63) is 133 Å². The number of hydrogen-bond acceptors (Lipinski definition) is 9. The van der Waals surface area contributed by atoms with Gasteiger partial charge in [0.25, 0.3) is 17.5 Å². The number of thiophene rings is 1. The van der Waals surface area contributed by atoms with Crippen LogP contribution in [0, 0.1) is 30.9 Å². The van der Waals surface area contributed by atoms with Crippen LogP contribution in [-0.4, -0.2) is 48.0 Å². The lowest BCUT2D eigenvalue weighted by Gasteiger charge is -2.22. The highest BCUT2D eigenvalue weighted by atomic mass is 32.2. The van der Waals surface area contributed by atoms with Crippen LogP contribution in [0.1, 0.15) is 55.8 Å². The van der Waals surface area contributed by atoms with Crippen LogP contribution in [0.25, 0.3) is 5.69 Å². The Labute approximate surface area is 279 Å². The van der Waals surface area contributed by atoms with Crippen molar-refractivity contribution < 1.29 is 14.5 Å². The molecule has 11 nitrogen and oxygen atoms in total. The van der Waals surface area contributed by atoms with Gasteiger partial charge >= 0.3 is 0 Å². The molecule has 0 radical (unpaired) electrons. The molecule has 1 aliphatic rings. The van der Waals surface area contributed by atoms with Crippen molar-refractivity contribution in [1.29, 1.82) is 0 Å². The van der Waals surface area contributed by atoms with Crippen LogP contribution < -0.4 is 5.32 Å². The largest absolute Gasteiger partial charge is 0.345 e. The van der Waals surface area contributed by atoms with Gasteiger partial charge in [0.05, 0.1) is 39.5 Å². The highest BCUT2D eigenvalue weighted by Crippen LogP contribution is 2.35. The first kappa shape index (κ1) is 31.8. The smallest absolute Gasteiger partial charge is 0.269 e. The van der Waals surface area contributed by atoms with Crippen molar-refractivity contribution in [2.75, 3.05) is 5.75 Å². The van der Waals surface area contributed by atoms with Gasteiger partial charge in [0.2, 0.25) is 0 Å². The molecule has 13 heteroatoms. The number of non-ortho nitro benzene ring substituents is 1. The Morgan fingerprint density at radius 1 is 1.00 bits per heavy atom. The summed E-state index contributed by atoms with van der Waals surface area (Å²) in [7, 11) is 0. The van der Waals surface area contributed by atoms with E-state index in [-0.39, 0.29) is 35.5 Å². The second kappa shape index (κ2) is 13.7. The SMILES string of the molecule is Cc1ccc(C2CC(c3cccs3)=NN2C(=O)CSc2nnc(CNC(=O)c3ccc([N+](=O)[O-])cc3)n2-c2cc(C)ccc2C)cc1. The number of hydrogen-bond donors (Lipinski definition) is 1. The normalized spacial score (nSPS) is 14.2. The summed E-state index contributed by atoms with van der Waals surface area (Å²) in [6.07, 6.45) is 0.622. The third-order valence-corrected chi connectivity index (χ3v) is 9.64. The van der Waals surface area contributed by atoms with Crippen molar-refractivity contribution in [3.8, 4) is 5.69 Å². The summed E-state index contributed by atoms with van der Waals surface area (Å²) in [6, 6.07) is 23.4. The van der Waals surface area contributed by atoms with Crippen molar-refractivity contribution in [2.45, 2.75) is 44.9 Å². The maximum Gasteiger partial charge on any atom is 0.269 e. The highest BCUT2D eigenvalue weighted by molar-refractivity contribution is 7.99. The Kier molecular flexibility index (Phi) is 9.27. The number of nitro groups is 1.